The highest BCUT2D eigenvalue weighted by molar-refractivity contribution is 7.17. The van der Waals surface area contributed by atoms with Crippen molar-refractivity contribution in [3.63, 3.8) is 0 Å². The van der Waals surface area contributed by atoms with Crippen LogP contribution in [0.2, 0.25) is 0 Å². The Labute approximate surface area is 234 Å². The van der Waals surface area contributed by atoms with E-state index in [-0.39, 0.29) is 23.8 Å². The number of aliphatic carboxylic acids is 1. The van der Waals surface area contributed by atoms with Crippen LogP contribution in [0.25, 0.3) is 15.7 Å². The second-order valence-electron chi connectivity index (χ2n) is 11.1. The molecule has 1 spiro atoms. The van der Waals surface area contributed by atoms with E-state index >= 15 is 0 Å². The van der Waals surface area contributed by atoms with Crippen LogP contribution in [-0.4, -0.2) is 52.8 Å². The van der Waals surface area contributed by atoms with Crippen molar-refractivity contribution in [2.45, 2.75) is 57.7 Å². The first-order valence-electron chi connectivity index (χ1n) is 13.4. The zero-order valence-corrected chi connectivity index (χ0v) is 23.1. The number of ether oxygens (including phenoxy) is 1. The van der Waals surface area contributed by atoms with Crippen LogP contribution >= 0.6 is 11.3 Å². The highest BCUT2D eigenvalue weighted by Gasteiger charge is 2.48. The van der Waals surface area contributed by atoms with Gasteiger partial charge >= 0.3 is 5.97 Å². The number of carboxylic acids is 1. The van der Waals surface area contributed by atoms with Crippen LogP contribution in [0.1, 0.15) is 59.0 Å². The topological polar surface area (TPSA) is 113 Å². The quantitative estimate of drug-likeness (QED) is 0.294. The lowest BCUT2D eigenvalue weighted by Gasteiger charge is -2.25. The van der Waals surface area contributed by atoms with Gasteiger partial charge in [-0.1, -0.05) is 6.07 Å². The van der Waals surface area contributed by atoms with Crippen LogP contribution in [0.5, 0.6) is 11.6 Å². The molecule has 40 heavy (non-hydrogen) atoms. The Hall–Kier alpha value is -4.02. The molecule has 0 bridgehead atoms. The lowest BCUT2D eigenvalue weighted by Crippen LogP contribution is -2.34. The Morgan fingerprint density at radius 3 is 2.83 bits per heavy atom. The van der Waals surface area contributed by atoms with Gasteiger partial charge in [-0.05, 0) is 84.0 Å². The first-order chi connectivity index (χ1) is 19.3. The van der Waals surface area contributed by atoms with Crippen LogP contribution in [0.3, 0.4) is 0 Å². The van der Waals surface area contributed by atoms with Crippen molar-refractivity contribution in [2.75, 3.05) is 6.54 Å². The molecular weight excluding hydrogens is 526 g/mol. The summed E-state index contributed by atoms with van der Waals surface area (Å²) in [6, 6.07) is 11.8. The van der Waals surface area contributed by atoms with Crippen molar-refractivity contribution in [2.24, 2.45) is 0 Å². The molecule has 5 heterocycles. The molecule has 1 atom stereocenters. The number of pyridine rings is 2. The van der Waals surface area contributed by atoms with Gasteiger partial charge < -0.3 is 14.9 Å². The average molecular weight is 556 g/mol. The summed E-state index contributed by atoms with van der Waals surface area (Å²) < 4.78 is 9.50. The molecule has 10 heteroatoms. The zero-order chi connectivity index (χ0) is 27.6. The van der Waals surface area contributed by atoms with E-state index in [9.17, 15) is 15.0 Å². The van der Waals surface area contributed by atoms with Gasteiger partial charge in [0.25, 0.3) is 0 Å². The third-order valence-corrected chi connectivity index (χ3v) is 9.18. The molecule has 7 rings (SSSR count). The van der Waals surface area contributed by atoms with Crippen molar-refractivity contribution in [3.05, 3.63) is 81.7 Å². The minimum Gasteiger partial charge on any atom is -0.493 e. The van der Waals surface area contributed by atoms with Gasteiger partial charge in [0.05, 0.1) is 6.42 Å². The van der Waals surface area contributed by atoms with Crippen LogP contribution in [0, 0.1) is 13.8 Å². The molecule has 1 aliphatic heterocycles. The average Bonchev–Trinajstić information content (AvgIpc) is 3.34. The van der Waals surface area contributed by atoms with Gasteiger partial charge in [-0.25, -0.2) is 4.98 Å². The standard InChI is InChI=1S/C30H29N5O4S/c1-17-22(5-9-35-18(2)32-33-29(17)35)23(13-27(37)38)20-11-19-6-10-40-28(19)21(12-20)14-34-15-24-25(3-4-26(36)31-24)39-30(16-34)7-8-30/h3-6,9-12,23H,7-8,13-16H2,1-2H3,(H,31,36)(H,37,38). The fourth-order valence-corrected chi connectivity index (χ4v) is 6.94. The number of fused-ring (bicyclic) bond motifs is 3. The Morgan fingerprint density at radius 1 is 1.18 bits per heavy atom. The summed E-state index contributed by atoms with van der Waals surface area (Å²) in [5.74, 6) is 0.328. The summed E-state index contributed by atoms with van der Waals surface area (Å²) >= 11 is 1.70. The van der Waals surface area contributed by atoms with Gasteiger partial charge in [0.15, 0.2) is 5.65 Å². The summed E-state index contributed by atoms with van der Waals surface area (Å²) in [4.78, 5) is 18.8. The van der Waals surface area contributed by atoms with Gasteiger partial charge in [0.2, 0.25) is 5.88 Å². The maximum Gasteiger partial charge on any atom is 0.304 e. The maximum atomic E-state index is 12.1. The molecule has 1 unspecified atom stereocenters. The number of thiophene rings is 1. The molecule has 0 radical (unpaired) electrons. The number of aryl methyl sites for hydroxylation is 2. The van der Waals surface area contributed by atoms with E-state index in [1.807, 2.05) is 36.6 Å². The van der Waals surface area contributed by atoms with Crippen LogP contribution in [0.4, 0.5) is 0 Å². The summed E-state index contributed by atoms with van der Waals surface area (Å²) in [7, 11) is 0. The van der Waals surface area contributed by atoms with Crippen molar-refractivity contribution >= 4 is 33.0 Å². The normalized spacial score (nSPS) is 17.1. The highest BCUT2D eigenvalue weighted by Crippen LogP contribution is 2.45. The second kappa shape index (κ2) is 9.28. The summed E-state index contributed by atoms with van der Waals surface area (Å²) in [6.45, 7) is 5.88. The van der Waals surface area contributed by atoms with Crippen LogP contribution in [-0.2, 0) is 17.9 Å². The Balaban J connectivity index is 1.30. The Bertz CT molecular complexity index is 1790. The predicted molar refractivity (Wildman–Crippen MR) is 151 cm³/mol. The Kier molecular flexibility index (Phi) is 5.79. The maximum absolute atomic E-state index is 12.1. The third kappa shape index (κ3) is 4.37. The number of carbonyl (C=O) groups is 1. The number of aromatic hydroxyl groups is 1. The number of carboxylic acid groups (broad SMARTS) is 1. The van der Waals surface area contributed by atoms with E-state index in [4.69, 9.17) is 4.74 Å². The number of hydrogen-bond acceptors (Lipinski definition) is 8. The minimum absolute atomic E-state index is 0.0107. The number of nitrogens with zero attached hydrogens (tertiary/aromatic N) is 5. The fraction of sp³-hybridized carbons (Fsp3) is 0.333. The highest BCUT2D eigenvalue weighted by atomic mass is 32.1. The van der Waals surface area contributed by atoms with Crippen LogP contribution in [0.15, 0.2) is 48.0 Å². The largest absolute Gasteiger partial charge is 0.493 e. The first-order valence-corrected chi connectivity index (χ1v) is 14.3. The summed E-state index contributed by atoms with van der Waals surface area (Å²) in [5, 5.41) is 31.7. The molecule has 0 amide bonds. The van der Waals surface area contributed by atoms with Crippen molar-refractivity contribution in [3.8, 4) is 11.6 Å². The van der Waals surface area contributed by atoms with E-state index in [1.54, 1.807) is 17.4 Å². The van der Waals surface area contributed by atoms with Gasteiger partial charge in [-0.2, -0.15) is 0 Å². The monoisotopic (exact) mass is 555 g/mol. The van der Waals surface area contributed by atoms with Gasteiger partial charge in [-0.15, -0.1) is 21.5 Å². The lowest BCUT2D eigenvalue weighted by molar-refractivity contribution is -0.137. The van der Waals surface area contributed by atoms with Crippen LogP contribution < -0.4 is 4.74 Å². The number of rotatable bonds is 6. The van der Waals surface area contributed by atoms with Crippen molar-refractivity contribution in [1.29, 1.82) is 0 Å². The molecule has 9 nitrogen and oxygen atoms in total. The SMILES string of the molecule is Cc1c(C(CC(=O)O)c2cc(CN3Cc4nc(O)ccc4OC4(CC4)C3)c3sccc3c2)ccn2c(C)nnc12. The van der Waals surface area contributed by atoms with E-state index in [0.717, 1.165) is 69.9 Å². The summed E-state index contributed by atoms with van der Waals surface area (Å²) in [5.41, 5.74) is 5.25. The van der Waals surface area contributed by atoms with Gasteiger partial charge in [0, 0.05) is 42.5 Å². The third-order valence-electron chi connectivity index (χ3n) is 8.18. The molecule has 0 saturated heterocycles. The molecule has 1 saturated carbocycles. The van der Waals surface area contributed by atoms with E-state index in [2.05, 4.69) is 43.7 Å². The smallest absolute Gasteiger partial charge is 0.304 e. The van der Waals surface area contributed by atoms with Gasteiger partial charge in [0.1, 0.15) is 22.9 Å². The molecule has 4 aromatic heterocycles. The molecule has 2 aliphatic rings. The number of aromatic nitrogens is 4. The van der Waals surface area contributed by atoms with Gasteiger partial charge in [-0.3, -0.25) is 14.1 Å². The van der Waals surface area contributed by atoms with Crippen molar-refractivity contribution in [1.82, 2.24) is 24.5 Å². The van der Waals surface area contributed by atoms with E-state index < -0.39 is 5.97 Å². The fourth-order valence-electron chi connectivity index (χ4n) is 6.05. The van der Waals surface area contributed by atoms with E-state index in [1.165, 1.54) is 4.70 Å². The molecule has 2 N–H and O–H groups in total. The molecule has 1 fully saturated rings. The number of hydrogen-bond donors (Lipinski definition) is 2. The minimum atomic E-state index is -0.850. The second-order valence-corrected chi connectivity index (χ2v) is 12.0. The zero-order valence-electron chi connectivity index (χ0n) is 22.3. The first kappa shape index (κ1) is 25.0. The lowest BCUT2D eigenvalue weighted by atomic mass is 9.85. The Morgan fingerprint density at radius 2 is 2.02 bits per heavy atom. The molecule has 204 valence electrons. The number of benzene rings is 1. The summed E-state index contributed by atoms with van der Waals surface area (Å²) in [6.07, 6.45) is 3.88. The molecular formula is C30H29N5O4S. The van der Waals surface area contributed by atoms with Crippen molar-refractivity contribution < 1.29 is 19.7 Å². The predicted octanol–water partition coefficient (Wildman–Crippen LogP) is 5.20. The molecule has 5 aromatic rings. The van der Waals surface area contributed by atoms with E-state index in [0.29, 0.717) is 13.1 Å². The molecule has 1 aromatic carbocycles. The molecule has 1 aliphatic carbocycles.